The molecule has 4 rings (SSSR count). The van der Waals surface area contributed by atoms with Gasteiger partial charge in [0, 0.05) is 52.0 Å². The summed E-state index contributed by atoms with van der Waals surface area (Å²) in [5, 5.41) is 3.49. The lowest BCUT2D eigenvalue weighted by molar-refractivity contribution is 0.116. The van der Waals surface area contributed by atoms with Crippen LogP contribution in [0.1, 0.15) is 12.5 Å². The second-order valence-corrected chi connectivity index (χ2v) is 9.73. The Kier molecular flexibility index (Phi) is 6.28. The largest absolute Gasteiger partial charge is 0.497 e. The highest BCUT2D eigenvalue weighted by Gasteiger charge is 2.47. The molecule has 4 nitrogen and oxygen atoms in total. The average Bonchev–Trinajstić information content (AvgIpc) is 2.97. The second-order valence-electron chi connectivity index (χ2n) is 7.90. The van der Waals surface area contributed by atoms with Gasteiger partial charge in [-0.1, -0.05) is 56.2 Å². The van der Waals surface area contributed by atoms with Crippen LogP contribution in [0.3, 0.4) is 0 Å². The number of ether oxygens (including phenoxy) is 2. The van der Waals surface area contributed by atoms with Crippen LogP contribution in [-0.2, 0) is 10.2 Å². The lowest BCUT2D eigenvalue weighted by atomic mass is 9.76. The summed E-state index contributed by atoms with van der Waals surface area (Å²) in [7, 11) is 3.46. The number of nitrogens with zero attached hydrogens (tertiary/aromatic N) is 1. The third kappa shape index (κ3) is 4.05. The van der Waals surface area contributed by atoms with Crippen molar-refractivity contribution in [2.24, 2.45) is 0 Å². The highest BCUT2D eigenvalue weighted by Crippen LogP contribution is 2.50. The number of hydrogen-bond donors (Lipinski definition) is 1. The number of methoxy groups -OCH3 is 2. The molecule has 1 heterocycles. The van der Waals surface area contributed by atoms with Crippen LogP contribution in [0.5, 0.6) is 5.75 Å². The van der Waals surface area contributed by atoms with Crippen LogP contribution in [-0.4, -0.2) is 39.5 Å². The summed E-state index contributed by atoms with van der Waals surface area (Å²) < 4.78 is 13.4. The number of halogens is 2. The van der Waals surface area contributed by atoms with E-state index in [0.717, 1.165) is 26.9 Å². The monoisotopic (exact) mass is 532 g/mol. The van der Waals surface area contributed by atoms with Crippen molar-refractivity contribution in [2.75, 3.05) is 37.5 Å². The fourth-order valence-electron chi connectivity index (χ4n) is 4.43. The summed E-state index contributed by atoms with van der Waals surface area (Å²) >= 11 is 7.33. The van der Waals surface area contributed by atoms with Crippen LogP contribution < -0.4 is 15.0 Å². The maximum absolute atomic E-state index is 5.87. The molecule has 1 N–H and O–H groups in total. The van der Waals surface area contributed by atoms with Crippen molar-refractivity contribution >= 4 is 43.2 Å². The van der Waals surface area contributed by atoms with E-state index in [4.69, 9.17) is 9.47 Å². The SMILES string of the molecule is COc1cccc(NCC(CN2c3ccc(Br)cc3C3(C)C=C(Br)C=CC23)OC)c1. The van der Waals surface area contributed by atoms with Gasteiger partial charge >= 0.3 is 0 Å². The average molecular weight is 534 g/mol. The van der Waals surface area contributed by atoms with Gasteiger partial charge in [0.15, 0.2) is 0 Å². The van der Waals surface area contributed by atoms with Crippen molar-refractivity contribution in [3.63, 3.8) is 0 Å². The summed E-state index contributed by atoms with van der Waals surface area (Å²) in [5.74, 6) is 0.841. The first-order valence-corrected chi connectivity index (χ1v) is 11.6. The molecule has 0 radical (unpaired) electrons. The van der Waals surface area contributed by atoms with Gasteiger partial charge < -0.3 is 19.7 Å². The summed E-state index contributed by atoms with van der Waals surface area (Å²) in [6.45, 7) is 3.81. The number of fused-ring (bicyclic) bond motifs is 3. The van der Waals surface area contributed by atoms with E-state index in [1.807, 2.05) is 24.3 Å². The Bertz CT molecular complexity index is 991. The van der Waals surface area contributed by atoms with Gasteiger partial charge in [-0.05, 0) is 42.8 Å². The molecule has 158 valence electrons. The minimum atomic E-state index is -0.0921. The summed E-state index contributed by atoms with van der Waals surface area (Å²) in [6.07, 6.45) is 6.79. The molecular formula is C24H26Br2N2O2. The zero-order valence-electron chi connectivity index (χ0n) is 17.4. The van der Waals surface area contributed by atoms with Crippen molar-refractivity contribution in [1.82, 2.24) is 0 Å². The highest BCUT2D eigenvalue weighted by atomic mass is 79.9. The van der Waals surface area contributed by atoms with Gasteiger partial charge in [-0.15, -0.1) is 0 Å². The van der Waals surface area contributed by atoms with E-state index in [1.165, 1.54) is 11.3 Å². The minimum Gasteiger partial charge on any atom is -0.497 e. The molecule has 2 aromatic rings. The Hall–Kier alpha value is -1.76. The maximum atomic E-state index is 5.87. The third-order valence-electron chi connectivity index (χ3n) is 6.01. The van der Waals surface area contributed by atoms with Crippen molar-refractivity contribution < 1.29 is 9.47 Å². The van der Waals surface area contributed by atoms with Crippen LogP contribution in [0, 0.1) is 0 Å². The van der Waals surface area contributed by atoms with Gasteiger partial charge in [0.25, 0.3) is 0 Å². The topological polar surface area (TPSA) is 33.7 Å². The van der Waals surface area contributed by atoms with Crippen molar-refractivity contribution in [3.05, 3.63) is 75.2 Å². The molecule has 0 saturated heterocycles. The van der Waals surface area contributed by atoms with Gasteiger partial charge in [-0.25, -0.2) is 0 Å². The summed E-state index contributed by atoms with van der Waals surface area (Å²) in [5.41, 5.74) is 3.53. The molecule has 3 unspecified atom stereocenters. The first-order chi connectivity index (χ1) is 14.4. The number of anilines is 2. The summed E-state index contributed by atoms with van der Waals surface area (Å²) in [6, 6.07) is 14.8. The molecule has 0 bridgehead atoms. The Morgan fingerprint density at radius 2 is 2.00 bits per heavy atom. The predicted molar refractivity (Wildman–Crippen MR) is 131 cm³/mol. The van der Waals surface area contributed by atoms with Crippen LogP contribution in [0.25, 0.3) is 0 Å². The number of benzene rings is 2. The molecule has 0 aromatic heterocycles. The quantitative estimate of drug-likeness (QED) is 0.482. The lowest BCUT2D eigenvalue weighted by Crippen LogP contribution is -2.46. The molecule has 0 fully saturated rings. The van der Waals surface area contributed by atoms with Crippen molar-refractivity contribution in [2.45, 2.75) is 24.5 Å². The Morgan fingerprint density at radius 1 is 1.17 bits per heavy atom. The van der Waals surface area contributed by atoms with Gasteiger partial charge in [-0.2, -0.15) is 0 Å². The Balaban J connectivity index is 1.56. The minimum absolute atomic E-state index is 0.0257. The number of allylic oxidation sites excluding steroid dienone is 2. The van der Waals surface area contributed by atoms with E-state index >= 15 is 0 Å². The first kappa shape index (κ1) is 21.5. The zero-order chi connectivity index (χ0) is 21.3. The molecule has 2 aromatic carbocycles. The maximum Gasteiger partial charge on any atom is 0.120 e. The molecule has 3 atom stereocenters. The summed E-state index contributed by atoms with van der Waals surface area (Å²) in [4.78, 5) is 2.47. The predicted octanol–water partition coefficient (Wildman–Crippen LogP) is 5.88. The standard InChI is InChI=1S/C24H26Br2N2O2/c1-24-13-17(26)8-10-23(24)28(22-9-7-16(25)11-21(22)24)15-20(30-3)14-27-18-5-4-6-19(12-18)29-2/h4-13,20,23,27H,14-15H2,1-3H3. The molecule has 1 aliphatic carbocycles. The van der Waals surface area contributed by atoms with E-state index in [-0.39, 0.29) is 17.6 Å². The van der Waals surface area contributed by atoms with Gasteiger partial charge in [0.2, 0.25) is 0 Å². The normalized spacial score (nSPS) is 22.9. The smallest absolute Gasteiger partial charge is 0.120 e. The van der Waals surface area contributed by atoms with Crippen molar-refractivity contribution in [1.29, 1.82) is 0 Å². The molecular weight excluding hydrogens is 508 g/mol. The third-order valence-corrected chi connectivity index (χ3v) is 7.00. The lowest BCUT2D eigenvalue weighted by Gasteiger charge is -2.36. The van der Waals surface area contributed by atoms with E-state index in [0.29, 0.717) is 6.54 Å². The fourth-order valence-corrected chi connectivity index (χ4v) is 5.42. The second kappa shape index (κ2) is 8.77. The van der Waals surface area contributed by atoms with E-state index < -0.39 is 0 Å². The number of nitrogens with one attached hydrogen (secondary N) is 1. The fraction of sp³-hybridized carbons (Fsp3) is 0.333. The Labute approximate surface area is 195 Å². The van der Waals surface area contributed by atoms with Crippen molar-refractivity contribution in [3.8, 4) is 5.75 Å². The van der Waals surface area contributed by atoms with Crippen LogP contribution in [0.2, 0.25) is 0 Å². The molecule has 6 heteroatoms. The zero-order valence-corrected chi connectivity index (χ0v) is 20.5. The molecule has 1 aliphatic heterocycles. The highest BCUT2D eigenvalue weighted by molar-refractivity contribution is 9.12. The van der Waals surface area contributed by atoms with Crippen LogP contribution in [0.15, 0.2) is 69.6 Å². The van der Waals surface area contributed by atoms with Gasteiger partial charge in [0.1, 0.15) is 5.75 Å². The molecule has 0 saturated carbocycles. The molecule has 0 spiro atoms. The van der Waals surface area contributed by atoms with E-state index in [9.17, 15) is 0 Å². The van der Waals surface area contributed by atoms with Gasteiger partial charge in [-0.3, -0.25) is 0 Å². The van der Waals surface area contributed by atoms with Crippen LogP contribution >= 0.6 is 31.9 Å². The molecule has 30 heavy (non-hydrogen) atoms. The van der Waals surface area contributed by atoms with Gasteiger partial charge in [0.05, 0.1) is 19.3 Å². The molecule has 0 amide bonds. The van der Waals surface area contributed by atoms with E-state index in [1.54, 1.807) is 14.2 Å². The molecule has 2 aliphatic rings. The first-order valence-electron chi connectivity index (χ1n) is 9.98. The van der Waals surface area contributed by atoms with Crippen LogP contribution in [0.4, 0.5) is 11.4 Å². The van der Waals surface area contributed by atoms with E-state index in [2.05, 4.69) is 85.4 Å². The number of hydrogen-bond acceptors (Lipinski definition) is 4. The number of rotatable bonds is 7. The Morgan fingerprint density at radius 3 is 2.77 bits per heavy atom.